The van der Waals surface area contributed by atoms with Gasteiger partial charge in [0.1, 0.15) is 0 Å². The Hall–Kier alpha value is -1.60. The highest BCUT2D eigenvalue weighted by Crippen LogP contribution is 2.26. The van der Waals surface area contributed by atoms with E-state index in [1.54, 1.807) is 12.1 Å². The second kappa shape index (κ2) is 5.65. The number of amides is 1. The number of sulfonamides is 1. The summed E-state index contributed by atoms with van der Waals surface area (Å²) in [5.74, 6) is -0.240. The van der Waals surface area contributed by atoms with Crippen LogP contribution in [0, 0.1) is 0 Å². The molecule has 0 saturated carbocycles. The van der Waals surface area contributed by atoms with Crippen molar-refractivity contribution in [3.05, 3.63) is 23.8 Å². The van der Waals surface area contributed by atoms with Crippen molar-refractivity contribution in [1.82, 2.24) is 9.62 Å². The molecule has 7 heteroatoms. The van der Waals surface area contributed by atoms with Crippen molar-refractivity contribution >= 4 is 21.6 Å². The van der Waals surface area contributed by atoms with Gasteiger partial charge in [-0.05, 0) is 43.0 Å². The van der Waals surface area contributed by atoms with Gasteiger partial charge in [0.05, 0.1) is 11.4 Å². The molecule has 0 atom stereocenters. The van der Waals surface area contributed by atoms with Crippen LogP contribution in [-0.2, 0) is 21.2 Å². The molecule has 1 aromatic rings. The second-order valence-electron chi connectivity index (χ2n) is 5.39. The molecule has 1 aromatic carbocycles. The molecule has 21 heavy (non-hydrogen) atoms. The fourth-order valence-corrected chi connectivity index (χ4v) is 4.23. The molecule has 0 spiro atoms. The number of nitrogens with one attached hydrogen (secondary N) is 2. The van der Waals surface area contributed by atoms with E-state index in [4.69, 9.17) is 0 Å². The minimum atomic E-state index is -3.61. The summed E-state index contributed by atoms with van der Waals surface area (Å²) >= 11 is 0. The molecule has 0 bridgehead atoms. The van der Waals surface area contributed by atoms with Gasteiger partial charge in [-0.15, -0.1) is 0 Å². The first-order valence-corrected chi connectivity index (χ1v) is 8.65. The maximum absolute atomic E-state index is 12.7. The van der Waals surface area contributed by atoms with Crippen LogP contribution in [0.25, 0.3) is 0 Å². The third-order valence-electron chi connectivity index (χ3n) is 3.88. The average Bonchev–Trinajstić information content (AvgIpc) is 2.72. The summed E-state index contributed by atoms with van der Waals surface area (Å²) in [5, 5.41) is 5.96. The third-order valence-corrected chi connectivity index (χ3v) is 5.72. The van der Waals surface area contributed by atoms with E-state index in [1.165, 1.54) is 4.31 Å². The predicted molar refractivity (Wildman–Crippen MR) is 79.6 cm³/mol. The van der Waals surface area contributed by atoms with Gasteiger partial charge in [-0.25, -0.2) is 8.42 Å². The second-order valence-corrected chi connectivity index (χ2v) is 7.33. The number of nitrogens with zero attached hydrogens (tertiary/aromatic N) is 1. The molecule has 0 aliphatic carbocycles. The highest BCUT2D eigenvalue weighted by Gasteiger charge is 2.28. The zero-order chi connectivity index (χ0) is 14.9. The Labute approximate surface area is 124 Å². The molecule has 2 aliphatic rings. The Morgan fingerprint density at radius 3 is 2.76 bits per heavy atom. The quantitative estimate of drug-likeness (QED) is 0.836. The molecule has 114 valence electrons. The van der Waals surface area contributed by atoms with Crippen molar-refractivity contribution in [2.45, 2.75) is 24.2 Å². The van der Waals surface area contributed by atoms with Crippen molar-refractivity contribution < 1.29 is 13.2 Å². The number of carbonyl (C=O) groups excluding carboxylic acids is 1. The van der Waals surface area contributed by atoms with Gasteiger partial charge in [-0.2, -0.15) is 4.31 Å². The fourth-order valence-electron chi connectivity index (χ4n) is 2.74. The highest BCUT2D eigenvalue weighted by molar-refractivity contribution is 7.89. The molecular weight excluding hydrogens is 290 g/mol. The number of aryl methyl sites for hydroxylation is 1. The summed E-state index contributed by atoms with van der Waals surface area (Å²) in [4.78, 5) is 11.9. The molecule has 1 amide bonds. The lowest BCUT2D eigenvalue weighted by Gasteiger charge is -2.22. The van der Waals surface area contributed by atoms with Gasteiger partial charge < -0.3 is 10.6 Å². The third kappa shape index (κ3) is 2.89. The van der Waals surface area contributed by atoms with E-state index in [-0.39, 0.29) is 17.3 Å². The first-order valence-electron chi connectivity index (χ1n) is 7.21. The first kappa shape index (κ1) is 14.3. The number of hydrogen-bond acceptors (Lipinski definition) is 4. The monoisotopic (exact) mass is 309 g/mol. The maximum atomic E-state index is 12.7. The lowest BCUT2D eigenvalue weighted by Crippen LogP contribution is -2.37. The Morgan fingerprint density at radius 2 is 1.90 bits per heavy atom. The number of hydrogen-bond donors (Lipinski definition) is 2. The summed E-state index contributed by atoms with van der Waals surface area (Å²) in [5.41, 5.74) is 2.04. The molecule has 0 unspecified atom stereocenters. The minimum Gasteiger partial charge on any atom is -0.385 e. The highest BCUT2D eigenvalue weighted by atomic mass is 32.2. The summed E-state index contributed by atoms with van der Waals surface area (Å²) in [7, 11) is -3.61. The van der Waals surface area contributed by atoms with Crippen LogP contribution in [0.5, 0.6) is 0 Å². The molecule has 2 aliphatic heterocycles. The van der Waals surface area contributed by atoms with Crippen LogP contribution >= 0.6 is 0 Å². The standard InChI is InChI=1S/C14H19N3O3S/c18-14-10-17(8-2-7-16-14)21(19,20)12-4-5-13-11(9-12)3-1-6-15-13/h4-5,9,15H,1-3,6-8,10H2,(H,16,18). The van der Waals surface area contributed by atoms with Crippen molar-refractivity contribution in [3.8, 4) is 0 Å². The largest absolute Gasteiger partial charge is 0.385 e. The van der Waals surface area contributed by atoms with Gasteiger partial charge in [-0.1, -0.05) is 0 Å². The number of benzene rings is 1. The lowest BCUT2D eigenvalue weighted by molar-refractivity contribution is -0.120. The number of rotatable bonds is 2. The van der Waals surface area contributed by atoms with E-state index in [1.807, 2.05) is 6.07 Å². The van der Waals surface area contributed by atoms with E-state index in [0.717, 1.165) is 30.6 Å². The summed E-state index contributed by atoms with van der Waals surface area (Å²) in [6.45, 7) is 1.72. The Morgan fingerprint density at radius 1 is 1.10 bits per heavy atom. The van der Waals surface area contributed by atoms with E-state index < -0.39 is 10.0 Å². The minimum absolute atomic E-state index is 0.0995. The van der Waals surface area contributed by atoms with Gasteiger partial charge in [-0.3, -0.25) is 4.79 Å². The SMILES string of the molecule is O=C1CN(S(=O)(=O)c2ccc3c(c2)CCCN3)CCCN1. The van der Waals surface area contributed by atoms with Crippen LogP contribution in [0.2, 0.25) is 0 Å². The predicted octanol–water partition coefficient (Wildman–Crippen LogP) is 0.555. The summed E-state index contributed by atoms with van der Waals surface area (Å²) in [6.07, 6.45) is 2.52. The average molecular weight is 309 g/mol. The Balaban J connectivity index is 1.92. The van der Waals surface area contributed by atoms with Crippen molar-refractivity contribution in [1.29, 1.82) is 0 Å². The number of carbonyl (C=O) groups is 1. The molecular formula is C14H19N3O3S. The molecule has 1 saturated heterocycles. The molecule has 2 heterocycles. The van der Waals surface area contributed by atoms with Gasteiger partial charge in [0, 0.05) is 25.3 Å². The maximum Gasteiger partial charge on any atom is 0.243 e. The van der Waals surface area contributed by atoms with Gasteiger partial charge in [0.2, 0.25) is 15.9 Å². The van der Waals surface area contributed by atoms with Gasteiger partial charge >= 0.3 is 0 Å². The number of fused-ring (bicyclic) bond motifs is 1. The van der Waals surface area contributed by atoms with Crippen LogP contribution in [-0.4, -0.2) is 44.8 Å². The molecule has 6 nitrogen and oxygen atoms in total. The van der Waals surface area contributed by atoms with E-state index in [2.05, 4.69) is 10.6 Å². The Kier molecular flexibility index (Phi) is 3.86. The fraction of sp³-hybridized carbons (Fsp3) is 0.500. The zero-order valence-corrected chi connectivity index (χ0v) is 12.6. The molecule has 2 N–H and O–H groups in total. The molecule has 0 aromatic heterocycles. The normalized spacial score (nSPS) is 20.1. The van der Waals surface area contributed by atoms with E-state index >= 15 is 0 Å². The van der Waals surface area contributed by atoms with Crippen LogP contribution in [0.3, 0.4) is 0 Å². The van der Waals surface area contributed by atoms with E-state index in [9.17, 15) is 13.2 Å². The van der Waals surface area contributed by atoms with Crippen LogP contribution in [0.15, 0.2) is 23.1 Å². The van der Waals surface area contributed by atoms with Crippen molar-refractivity contribution in [2.75, 3.05) is 31.5 Å². The molecule has 0 radical (unpaired) electrons. The molecule has 1 fully saturated rings. The van der Waals surface area contributed by atoms with Gasteiger partial charge in [0.25, 0.3) is 0 Å². The summed E-state index contributed by atoms with van der Waals surface area (Å²) in [6, 6.07) is 5.17. The topological polar surface area (TPSA) is 78.5 Å². The van der Waals surface area contributed by atoms with Crippen molar-refractivity contribution in [3.63, 3.8) is 0 Å². The van der Waals surface area contributed by atoms with Crippen LogP contribution < -0.4 is 10.6 Å². The van der Waals surface area contributed by atoms with Crippen LogP contribution in [0.4, 0.5) is 5.69 Å². The van der Waals surface area contributed by atoms with Crippen molar-refractivity contribution in [2.24, 2.45) is 0 Å². The smallest absolute Gasteiger partial charge is 0.243 e. The Bertz CT molecular complexity index is 657. The molecule has 3 rings (SSSR count). The van der Waals surface area contributed by atoms with Crippen LogP contribution in [0.1, 0.15) is 18.4 Å². The van der Waals surface area contributed by atoms with Gasteiger partial charge in [0.15, 0.2) is 0 Å². The first-order chi connectivity index (χ1) is 10.1. The van der Waals surface area contributed by atoms with E-state index in [0.29, 0.717) is 19.5 Å². The summed E-state index contributed by atoms with van der Waals surface area (Å²) < 4.78 is 26.7. The lowest BCUT2D eigenvalue weighted by atomic mass is 10.0. The number of anilines is 1. The zero-order valence-electron chi connectivity index (χ0n) is 11.8.